The Bertz CT molecular complexity index is 429. The fraction of sp³-hybridized carbons (Fsp3) is 0.500. The number of urea groups is 1. The van der Waals surface area contributed by atoms with E-state index in [4.69, 9.17) is 0 Å². The Balaban J connectivity index is 1.98. The first-order chi connectivity index (χ1) is 7.72. The molecule has 3 heterocycles. The van der Waals surface area contributed by atoms with Gasteiger partial charge in [-0.3, -0.25) is 9.69 Å². The van der Waals surface area contributed by atoms with E-state index in [-0.39, 0.29) is 18.0 Å². The number of carbonyl (C=O) groups excluding carboxylic acids is 2. The molecule has 6 nitrogen and oxygen atoms in total. The van der Waals surface area contributed by atoms with E-state index in [0.29, 0.717) is 19.5 Å². The van der Waals surface area contributed by atoms with Crippen molar-refractivity contribution >= 4 is 11.9 Å². The molecule has 1 fully saturated rings. The van der Waals surface area contributed by atoms with E-state index >= 15 is 0 Å². The van der Waals surface area contributed by atoms with Crippen LogP contribution in [-0.2, 0) is 17.8 Å². The van der Waals surface area contributed by atoms with Crippen LogP contribution in [0.3, 0.4) is 0 Å². The second kappa shape index (κ2) is 3.07. The Kier molecular flexibility index (Phi) is 1.80. The van der Waals surface area contributed by atoms with Crippen molar-refractivity contribution in [3.63, 3.8) is 0 Å². The van der Waals surface area contributed by atoms with Crippen molar-refractivity contribution in [2.75, 3.05) is 6.54 Å². The first-order valence-electron chi connectivity index (χ1n) is 5.35. The number of amides is 3. The summed E-state index contributed by atoms with van der Waals surface area (Å²) in [6, 6.07) is -0.527. The van der Waals surface area contributed by atoms with Crippen molar-refractivity contribution in [1.82, 2.24) is 19.8 Å². The van der Waals surface area contributed by atoms with Crippen LogP contribution in [0.1, 0.15) is 18.3 Å². The third-order valence-electron chi connectivity index (χ3n) is 3.24. The quantitative estimate of drug-likeness (QED) is 0.683. The number of carbonyl (C=O) groups is 2. The molecule has 3 amide bonds. The van der Waals surface area contributed by atoms with E-state index in [1.807, 2.05) is 6.92 Å². The number of hydrogen-bond acceptors (Lipinski definition) is 3. The molecular formula is C10H12N4O2. The molecule has 0 radical (unpaired) electrons. The van der Waals surface area contributed by atoms with Crippen molar-refractivity contribution in [1.29, 1.82) is 0 Å². The SMILES string of the molecule is CCN1C(=O)C2Cc3nc[nH]c3CN2C1=O. The van der Waals surface area contributed by atoms with Gasteiger partial charge in [0.2, 0.25) is 0 Å². The zero-order chi connectivity index (χ0) is 11.3. The van der Waals surface area contributed by atoms with Gasteiger partial charge in [-0.15, -0.1) is 0 Å². The molecule has 2 aliphatic rings. The minimum absolute atomic E-state index is 0.0962. The van der Waals surface area contributed by atoms with Crippen molar-refractivity contribution in [2.45, 2.75) is 25.9 Å². The van der Waals surface area contributed by atoms with E-state index in [9.17, 15) is 9.59 Å². The molecule has 0 aromatic carbocycles. The summed E-state index contributed by atoms with van der Waals surface area (Å²) >= 11 is 0. The molecule has 1 unspecified atom stereocenters. The number of nitrogens with zero attached hydrogens (tertiary/aromatic N) is 3. The summed E-state index contributed by atoms with van der Waals surface area (Å²) in [6.45, 7) is 2.71. The van der Waals surface area contributed by atoms with Crippen molar-refractivity contribution < 1.29 is 9.59 Å². The molecule has 1 atom stereocenters. The number of rotatable bonds is 1. The highest BCUT2D eigenvalue weighted by molar-refractivity contribution is 6.04. The van der Waals surface area contributed by atoms with Crippen molar-refractivity contribution in [2.24, 2.45) is 0 Å². The lowest BCUT2D eigenvalue weighted by Gasteiger charge is -2.25. The van der Waals surface area contributed by atoms with Crippen LogP contribution in [-0.4, -0.2) is 44.3 Å². The molecule has 0 saturated carbocycles. The zero-order valence-corrected chi connectivity index (χ0v) is 8.93. The number of imide groups is 1. The van der Waals surface area contributed by atoms with Gasteiger partial charge in [0.25, 0.3) is 5.91 Å². The molecule has 1 aromatic rings. The number of imidazole rings is 1. The fourth-order valence-electron chi connectivity index (χ4n) is 2.38. The zero-order valence-electron chi connectivity index (χ0n) is 8.93. The van der Waals surface area contributed by atoms with Crippen LogP contribution in [0.2, 0.25) is 0 Å². The Labute approximate surface area is 92.2 Å². The highest BCUT2D eigenvalue weighted by Crippen LogP contribution is 2.27. The molecule has 0 aliphatic carbocycles. The number of fused-ring (bicyclic) bond motifs is 2. The Morgan fingerprint density at radius 3 is 3.12 bits per heavy atom. The molecule has 3 rings (SSSR count). The molecular weight excluding hydrogens is 208 g/mol. The largest absolute Gasteiger partial charge is 0.347 e. The molecule has 84 valence electrons. The van der Waals surface area contributed by atoms with Gasteiger partial charge in [-0.05, 0) is 6.92 Å². The maximum atomic E-state index is 11.9. The van der Waals surface area contributed by atoms with Gasteiger partial charge in [-0.25, -0.2) is 9.78 Å². The maximum Gasteiger partial charge on any atom is 0.327 e. The van der Waals surface area contributed by atoms with Gasteiger partial charge in [0.15, 0.2) is 0 Å². The standard InChI is InChI=1S/C10H12N4O2/c1-2-13-9(15)8-3-6-7(12-5-11-6)4-14(8)10(13)16/h5,8H,2-4H2,1H3,(H,11,12). The number of likely N-dealkylation sites (N-methyl/N-ethyl adjacent to an activating group) is 1. The van der Waals surface area contributed by atoms with Gasteiger partial charge < -0.3 is 9.88 Å². The number of aromatic nitrogens is 2. The second-order valence-corrected chi connectivity index (χ2v) is 4.04. The Morgan fingerprint density at radius 1 is 1.56 bits per heavy atom. The number of nitrogens with one attached hydrogen (secondary N) is 1. The van der Waals surface area contributed by atoms with Gasteiger partial charge >= 0.3 is 6.03 Å². The molecule has 6 heteroatoms. The lowest BCUT2D eigenvalue weighted by Crippen LogP contribution is -2.40. The van der Waals surface area contributed by atoms with Crippen LogP contribution < -0.4 is 0 Å². The fourth-order valence-corrected chi connectivity index (χ4v) is 2.38. The molecule has 16 heavy (non-hydrogen) atoms. The monoisotopic (exact) mass is 220 g/mol. The number of aromatic amines is 1. The number of H-pyrrole nitrogens is 1. The van der Waals surface area contributed by atoms with E-state index < -0.39 is 0 Å². The van der Waals surface area contributed by atoms with E-state index in [1.165, 1.54) is 4.90 Å². The van der Waals surface area contributed by atoms with Crippen LogP contribution in [0.15, 0.2) is 6.33 Å². The predicted molar refractivity (Wildman–Crippen MR) is 54.4 cm³/mol. The summed E-state index contributed by atoms with van der Waals surface area (Å²) in [6.07, 6.45) is 2.14. The van der Waals surface area contributed by atoms with Crippen molar-refractivity contribution in [3.8, 4) is 0 Å². The summed E-state index contributed by atoms with van der Waals surface area (Å²) < 4.78 is 0. The van der Waals surface area contributed by atoms with Crippen molar-refractivity contribution in [3.05, 3.63) is 17.7 Å². The van der Waals surface area contributed by atoms with Crippen LogP contribution >= 0.6 is 0 Å². The van der Waals surface area contributed by atoms with Gasteiger partial charge in [-0.1, -0.05) is 0 Å². The minimum Gasteiger partial charge on any atom is -0.347 e. The Morgan fingerprint density at radius 2 is 2.38 bits per heavy atom. The van der Waals surface area contributed by atoms with Crippen LogP contribution in [0.25, 0.3) is 0 Å². The molecule has 0 bridgehead atoms. The third-order valence-corrected chi connectivity index (χ3v) is 3.24. The highest BCUT2D eigenvalue weighted by atomic mass is 16.2. The first-order valence-corrected chi connectivity index (χ1v) is 5.35. The van der Waals surface area contributed by atoms with Gasteiger partial charge in [0.1, 0.15) is 6.04 Å². The maximum absolute atomic E-state index is 11.9. The average Bonchev–Trinajstić information content (AvgIpc) is 2.82. The van der Waals surface area contributed by atoms with E-state index in [1.54, 1.807) is 11.2 Å². The summed E-state index contributed by atoms with van der Waals surface area (Å²) in [5.41, 5.74) is 1.84. The lowest BCUT2D eigenvalue weighted by atomic mass is 10.0. The first kappa shape index (κ1) is 9.38. The third kappa shape index (κ3) is 1.04. The van der Waals surface area contributed by atoms with Crippen LogP contribution in [0, 0.1) is 0 Å². The lowest BCUT2D eigenvalue weighted by molar-refractivity contribution is -0.128. The second-order valence-electron chi connectivity index (χ2n) is 4.04. The predicted octanol–water partition coefficient (Wildman–Crippen LogP) is 0.118. The van der Waals surface area contributed by atoms with E-state index in [0.717, 1.165) is 11.4 Å². The van der Waals surface area contributed by atoms with Gasteiger partial charge in [0, 0.05) is 13.0 Å². The summed E-state index contributed by atoms with van der Waals surface area (Å²) in [4.78, 5) is 33.9. The highest BCUT2D eigenvalue weighted by Gasteiger charge is 2.47. The van der Waals surface area contributed by atoms with Crippen LogP contribution in [0.5, 0.6) is 0 Å². The minimum atomic E-state index is -0.344. The molecule has 0 spiro atoms. The van der Waals surface area contributed by atoms with Gasteiger partial charge in [0.05, 0.1) is 24.3 Å². The number of hydrogen-bond donors (Lipinski definition) is 1. The average molecular weight is 220 g/mol. The van der Waals surface area contributed by atoms with E-state index in [2.05, 4.69) is 9.97 Å². The molecule has 2 aliphatic heterocycles. The topological polar surface area (TPSA) is 69.3 Å². The van der Waals surface area contributed by atoms with Gasteiger partial charge in [-0.2, -0.15) is 0 Å². The summed E-state index contributed by atoms with van der Waals surface area (Å²) in [7, 11) is 0. The Hall–Kier alpha value is -1.85. The molecule has 1 N–H and O–H groups in total. The smallest absolute Gasteiger partial charge is 0.327 e. The summed E-state index contributed by atoms with van der Waals surface area (Å²) in [5, 5.41) is 0. The normalized spacial score (nSPS) is 23.7. The summed E-state index contributed by atoms with van der Waals surface area (Å²) in [5.74, 6) is -0.0962. The van der Waals surface area contributed by atoms with Crippen LogP contribution in [0.4, 0.5) is 4.79 Å². The molecule has 1 saturated heterocycles. The molecule has 1 aromatic heterocycles.